The second-order valence-corrected chi connectivity index (χ2v) is 8.34. The summed E-state index contributed by atoms with van der Waals surface area (Å²) in [5, 5.41) is 3.78. The summed E-state index contributed by atoms with van der Waals surface area (Å²) in [5.74, 6) is 2.59. The van der Waals surface area contributed by atoms with E-state index in [0.717, 1.165) is 60.5 Å². The Morgan fingerprint density at radius 3 is 2.74 bits per heavy atom. The van der Waals surface area contributed by atoms with Gasteiger partial charge in [0, 0.05) is 42.5 Å². The van der Waals surface area contributed by atoms with Crippen molar-refractivity contribution in [3.05, 3.63) is 71.9 Å². The largest absolute Gasteiger partial charge is 0.460 e. The predicted molar refractivity (Wildman–Crippen MR) is 137 cm³/mol. The molecule has 0 aromatic carbocycles. The highest BCUT2D eigenvalue weighted by Gasteiger charge is 2.15. The lowest BCUT2D eigenvalue weighted by Gasteiger charge is -2.27. The van der Waals surface area contributed by atoms with Gasteiger partial charge in [0.25, 0.3) is 5.91 Å². The van der Waals surface area contributed by atoms with E-state index in [2.05, 4.69) is 27.1 Å². The van der Waals surface area contributed by atoms with Crippen LogP contribution in [0.25, 0.3) is 16.7 Å². The maximum absolute atomic E-state index is 12.9. The van der Waals surface area contributed by atoms with Crippen LogP contribution in [0.4, 0.5) is 11.6 Å². The number of rotatable bonds is 7. The zero-order chi connectivity index (χ0) is 23.9. The fourth-order valence-electron chi connectivity index (χ4n) is 4.03. The van der Waals surface area contributed by atoms with E-state index >= 15 is 0 Å². The molecule has 0 bridgehead atoms. The molecule has 7 nitrogen and oxygen atoms in total. The molecule has 7 heteroatoms. The van der Waals surface area contributed by atoms with E-state index in [0.29, 0.717) is 17.1 Å². The van der Waals surface area contributed by atoms with Crippen molar-refractivity contribution >= 4 is 34.2 Å². The van der Waals surface area contributed by atoms with Gasteiger partial charge in [0.1, 0.15) is 23.1 Å². The highest BCUT2D eigenvalue weighted by atomic mass is 16.5. The Morgan fingerprint density at radius 2 is 1.97 bits per heavy atom. The van der Waals surface area contributed by atoms with Crippen molar-refractivity contribution in [1.82, 2.24) is 15.0 Å². The van der Waals surface area contributed by atoms with Crippen LogP contribution in [0.1, 0.15) is 62.5 Å². The lowest BCUT2D eigenvalue weighted by Crippen LogP contribution is -2.30. The number of carbonyl (C=O) groups is 1. The van der Waals surface area contributed by atoms with Gasteiger partial charge in [-0.25, -0.2) is 15.0 Å². The van der Waals surface area contributed by atoms with Crippen LogP contribution in [0.3, 0.4) is 0 Å². The molecule has 34 heavy (non-hydrogen) atoms. The third-order valence-corrected chi connectivity index (χ3v) is 5.78. The summed E-state index contributed by atoms with van der Waals surface area (Å²) in [6, 6.07) is 9.22. The number of aromatic nitrogens is 3. The van der Waals surface area contributed by atoms with Crippen molar-refractivity contribution in [1.29, 1.82) is 0 Å². The highest BCUT2D eigenvalue weighted by Crippen LogP contribution is 2.23. The lowest BCUT2D eigenvalue weighted by atomic mass is 10.1. The number of carbonyl (C=O) groups excluding carboxylic acids is 1. The molecular weight excluding hydrogens is 426 g/mol. The summed E-state index contributed by atoms with van der Waals surface area (Å²) >= 11 is 0. The topological polar surface area (TPSA) is 80.2 Å². The second-order valence-electron chi connectivity index (χ2n) is 8.34. The Bertz CT molecular complexity index is 1230. The van der Waals surface area contributed by atoms with Gasteiger partial charge in [0.15, 0.2) is 0 Å². The van der Waals surface area contributed by atoms with Crippen LogP contribution >= 0.6 is 0 Å². The first-order valence-electron chi connectivity index (χ1n) is 11.9. The Labute approximate surface area is 200 Å². The van der Waals surface area contributed by atoms with Gasteiger partial charge < -0.3 is 15.0 Å². The fraction of sp³-hybridized carbons (Fsp3) is 0.333. The van der Waals surface area contributed by atoms with E-state index in [1.807, 2.05) is 44.2 Å². The van der Waals surface area contributed by atoms with Gasteiger partial charge in [-0.3, -0.25) is 4.79 Å². The first-order valence-corrected chi connectivity index (χ1v) is 11.9. The van der Waals surface area contributed by atoms with Gasteiger partial charge >= 0.3 is 0 Å². The van der Waals surface area contributed by atoms with Crippen LogP contribution in [-0.2, 0) is 4.74 Å². The smallest absolute Gasteiger partial charge is 0.257 e. The number of allylic oxidation sites excluding steroid dienone is 3. The van der Waals surface area contributed by atoms with Crippen LogP contribution in [0.5, 0.6) is 0 Å². The first-order chi connectivity index (χ1) is 16.6. The second kappa shape index (κ2) is 10.9. The van der Waals surface area contributed by atoms with Crippen molar-refractivity contribution in [3.8, 4) is 0 Å². The highest BCUT2D eigenvalue weighted by molar-refractivity contribution is 6.04. The standard InChI is InChI=1S/C27H31N5O2/c1-4-9-19(3)34-24(5-2)22-11-10-21-18-29-25(17-23(21)30-22)31-27(33)20-12-13-28-26(16-20)32-14-7-6-8-15-32/h5,9-13,16-18H,4,6-8,14-15H2,1-3H3,(H,29,31,33)/b19-9+,24-5-. The summed E-state index contributed by atoms with van der Waals surface area (Å²) in [7, 11) is 0. The molecule has 0 spiro atoms. The monoisotopic (exact) mass is 457 g/mol. The molecule has 3 aromatic heterocycles. The SMILES string of the molecule is C/C=C(\O/C(C)=C/CC)c1ccc2cnc(NC(=O)c3ccnc(N4CCCCC4)c3)cc2n1. The van der Waals surface area contributed by atoms with Crippen LogP contribution in [0.15, 0.2) is 60.6 Å². The molecule has 0 aliphatic carbocycles. The average Bonchev–Trinajstić information content (AvgIpc) is 2.87. The van der Waals surface area contributed by atoms with Crippen molar-refractivity contribution in [2.24, 2.45) is 0 Å². The molecule has 4 heterocycles. The van der Waals surface area contributed by atoms with Crippen molar-refractivity contribution in [2.45, 2.75) is 46.5 Å². The van der Waals surface area contributed by atoms with E-state index in [-0.39, 0.29) is 5.91 Å². The van der Waals surface area contributed by atoms with Crippen LogP contribution in [0, 0.1) is 0 Å². The molecule has 0 atom stereocenters. The van der Waals surface area contributed by atoms with E-state index in [9.17, 15) is 4.79 Å². The number of hydrogen-bond acceptors (Lipinski definition) is 6. The lowest BCUT2D eigenvalue weighted by molar-refractivity contribution is 0.102. The van der Waals surface area contributed by atoms with Crippen molar-refractivity contribution < 1.29 is 9.53 Å². The minimum absolute atomic E-state index is 0.221. The maximum Gasteiger partial charge on any atom is 0.257 e. The first kappa shape index (κ1) is 23.4. The molecular formula is C27H31N5O2. The van der Waals surface area contributed by atoms with Gasteiger partial charge in [0.2, 0.25) is 0 Å². The number of pyridine rings is 3. The summed E-state index contributed by atoms with van der Waals surface area (Å²) < 4.78 is 5.95. The van der Waals surface area contributed by atoms with Gasteiger partial charge in [-0.15, -0.1) is 0 Å². The molecule has 0 saturated carbocycles. The zero-order valence-corrected chi connectivity index (χ0v) is 20.0. The third-order valence-electron chi connectivity index (χ3n) is 5.78. The van der Waals surface area contributed by atoms with Gasteiger partial charge in [-0.05, 0) is 75.9 Å². The number of piperidine rings is 1. The fourth-order valence-corrected chi connectivity index (χ4v) is 4.03. The van der Waals surface area contributed by atoms with E-state index in [1.165, 1.54) is 6.42 Å². The number of hydrogen-bond donors (Lipinski definition) is 1. The van der Waals surface area contributed by atoms with E-state index < -0.39 is 0 Å². The van der Waals surface area contributed by atoms with Gasteiger partial charge in [-0.2, -0.15) is 0 Å². The molecule has 0 unspecified atom stereocenters. The summed E-state index contributed by atoms with van der Waals surface area (Å²) in [4.78, 5) is 28.8. The Balaban J connectivity index is 1.53. The van der Waals surface area contributed by atoms with Crippen LogP contribution in [-0.4, -0.2) is 33.9 Å². The average molecular weight is 458 g/mol. The molecule has 176 valence electrons. The van der Waals surface area contributed by atoms with Crippen LogP contribution in [0.2, 0.25) is 0 Å². The molecule has 1 saturated heterocycles. The number of anilines is 2. The summed E-state index contributed by atoms with van der Waals surface area (Å²) in [6.45, 7) is 7.88. The van der Waals surface area contributed by atoms with Gasteiger partial charge in [-0.1, -0.05) is 6.92 Å². The third kappa shape index (κ3) is 5.60. The minimum atomic E-state index is -0.221. The van der Waals surface area contributed by atoms with Crippen molar-refractivity contribution in [2.75, 3.05) is 23.3 Å². The number of nitrogens with one attached hydrogen (secondary N) is 1. The molecule has 1 fully saturated rings. The molecule has 0 radical (unpaired) electrons. The minimum Gasteiger partial charge on any atom is -0.460 e. The quantitative estimate of drug-likeness (QED) is 0.441. The van der Waals surface area contributed by atoms with Gasteiger partial charge in [0.05, 0.1) is 11.3 Å². The van der Waals surface area contributed by atoms with Crippen molar-refractivity contribution in [3.63, 3.8) is 0 Å². The number of ether oxygens (including phenoxy) is 1. The number of fused-ring (bicyclic) bond motifs is 1. The normalized spacial score (nSPS) is 14.9. The molecule has 1 N–H and O–H groups in total. The number of amides is 1. The Morgan fingerprint density at radius 1 is 1.15 bits per heavy atom. The van der Waals surface area contributed by atoms with E-state index in [1.54, 1.807) is 24.5 Å². The molecule has 1 aliphatic heterocycles. The Hall–Kier alpha value is -3.74. The van der Waals surface area contributed by atoms with Crippen LogP contribution < -0.4 is 10.2 Å². The molecule has 1 aliphatic rings. The maximum atomic E-state index is 12.9. The Kier molecular flexibility index (Phi) is 7.52. The molecule has 3 aromatic rings. The molecule has 1 amide bonds. The number of nitrogens with zero attached hydrogens (tertiary/aromatic N) is 4. The molecule has 4 rings (SSSR count). The zero-order valence-electron chi connectivity index (χ0n) is 20.0. The summed E-state index contributed by atoms with van der Waals surface area (Å²) in [5.41, 5.74) is 2.01. The predicted octanol–water partition coefficient (Wildman–Crippen LogP) is 5.96. The summed E-state index contributed by atoms with van der Waals surface area (Å²) in [6.07, 6.45) is 11.8. The van der Waals surface area contributed by atoms with E-state index in [4.69, 9.17) is 9.72 Å².